The number of unbranched alkanes of at least 4 members (excludes halogenated alkanes) is 3. The van der Waals surface area contributed by atoms with Crippen LogP contribution in [0.2, 0.25) is 0 Å². The average molecular weight is 229 g/mol. The lowest BCUT2D eigenvalue weighted by atomic mass is 10.0. The van der Waals surface area contributed by atoms with Gasteiger partial charge in [-0.1, -0.05) is 39.5 Å². The van der Waals surface area contributed by atoms with Crippen LogP contribution in [0.5, 0.6) is 0 Å². The van der Waals surface area contributed by atoms with Crippen molar-refractivity contribution in [1.29, 1.82) is 0 Å². The van der Waals surface area contributed by atoms with Crippen LogP contribution in [0.15, 0.2) is 0 Å². The smallest absolute Gasteiger partial charge is 0.0515 e. The van der Waals surface area contributed by atoms with Crippen LogP contribution in [0.3, 0.4) is 0 Å². The van der Waals surface area contributed by atoms with Crippen molar-refractivity contribution < 1.29 is 5.11 Å². The molecule has 0 saturated heterocycles. The molecule has 0 rings (SSSR count). The van der Waals surface area contributed by atoms with Gasteiger partial charge in [-0.15, -0.1) is 0 Å². The highest BCUT2D eigenvalue weighted by Crippen LogP contribution is 2.07. The zero-order valence-corrected chi connectivity index (χ0v) is 11.6. The molecular weight excluding hydrogens is 198 g/mol. The summed E-state index contributed by atoms with van der Waals surface area (Å²) in [6, 6.07) is 0.619. The summed E-state index contributed by atoms with van der Waals surface area (Å²) in [5.41, 5.74) is 0. The molecule has 0 aromatic rings. The Morgan fingerprint density at radius 2 is 1.75 bits per heavy atom. The number of nitrogens with one attached hydrogen (secondary N) is 1. The van der Waals surface area contributed by atoms with E-state index in [0.29, 0.717) is 12.0 Å². The van der Waals surface area contributed by atoms with E-state index in [1.54, 1.807) is 0 Å². The van der Waals surface area contributed by atoms with Crippen molar-refractivity contribution in [2.45, 2.75) is 78.4 Å². The minimum absolute atomic E-state index is 0.170. The van der Waals surface area contributed by atoms with E-state index in [-0.39, 0.29) is 6.10 Å². The van der Waals surface area contributed by atoms with Crippen LogP contribution in [0.25, 0.3) is 0 Å². The first-order valence-corrected chi connectivity index (χ1v) is 6.97. The van der Waals surface area contributed by atoms with Crippen LogP contribution in [0, 0.1) is 5.92 Å². The SMILES string of the molecule is CCCCCCC(C)NCC(C)CC(C)O. The van der Waals surface area contributed by atoms with Crippen LogP contribution in [0.4, 0.5) is 0 Å². The number of hydrogen-bond acceptors (Lipinski definition) is 2. The Hall–Kier alpha value is -0.0800. The van der Waals surface area contributed by atoms with Crippen molar-refractivity contribution in [2.75, 3.05) is 6.54 Å². The Morgan fingerprint density at radius 1 is 1.06 bits per heavy atom. The van der Waals surface area contributed by atoms with E-state index in [0.717, 1.165) is 13.0 Å². The van der Waals surface area contributed by atoms with Gasteiger partial charge in [0.25, 0.3) is 0 Å². The molecule has 0 heterocycles. The Kier molecular flexibility index (Phi) is 10.0. The van der Waals surface area contributed by atoms with Gasteiger partial charge in [-0.2, -0.15) is 0 Å². The molecule has 3 atom stereocenters. The van der Waals surface area contributed by atoms with E-state index >= 15 is 0 Å². The molecule has 2 nitrogen and oxygen atoms in total. The molecule has 3 unspecified atom stereocenters. The fraction of sp³-hybridized carbons (Fsp3) is 1.00. The Bertz CT molecular complexity index is 148. The maximum Gasteiger partial charge on any atom is 0.0515 e. The maximum atomic E-state index is 9.26. The van der Waals surface area contributed by atoms with Crippen molar-refractivity contribution in [1.82, 2.24) is 5.32 Å². The second-order valence-corrected chi connectivity index (χ2v) is 5.35. The first-order valence-electron chi connectivity index (χ1n) is 6.97. The number of hydrogen-bond donors (Lipinski definition) is 2. The summed E-state index contributed by atoms with van der Waals surface area (Å²) in [4.78, 5) is 0. The third-order valence-corrected chi connectivity index (χ3v) is 3.05. The predicted octanol–water partition coefficient (Wildman–Crippen LogP) is 3.34. The largest absolute Gasteiger partial charge is 0.393 e. The minimum atomic E-state index is -0.170. The number of aliphatic hydroxyl groups excluding tert-OH is 1. The highest BCUT2D eigenvalue weighted by molar-refractivity contribution is 4.65. The quantitative estimate of drug-likeness (QED) is 0.563. The molecular formula is C14H31NO. The van der Waals surface area contributed by atoms with Gasteiger partial charge in [0.1, 0.15) is 0 Å². The fourth-order valence-electron chi connectivity index (χ4n) is 2.05. The molecule has 16 heavy (non-hydrogen) atoms. The minimum Gasteiger partial charge on any atom is -0.393 e. The third-order valence-electron chi connectivity index (χ3n) is 3.05. The fourth-order valence-corrected chi connectivity index (χ4v) is 2.05. The molecule has 0 spiro atoms. The van der Waals surface area contributed by atoms with E-state index in [1.807, 2.05) is 6.92 Å². The lowest BCUT2D eigenvalue weighted by Gasteiger charge is -2.18. The molecule has 0 fully saturated rings. The summed E-state index contributed by atoms with van der Waals surface area (Å²) in [6.07, 6.45) is 7.39. The molecule has 0 bridgehead atoms. The molecule has 2 N–H and O–H groups in total. The van der Waals surface area contributed by atoms with Crippen LogP contribution in [-0.4, -0.2) is 23.8 Å². The van der Waals surface area contributed by atoms with Gasteiger partial charge in [-0.05, 0) is 39.2 Å². The van der Waals surface area contributed by atoms with E-state index < -0.39 is 0 Å². The number of rotatable bonds is 10. The average Bonchev–Trinajstić information content (AvgIpc) is 2.20. The van der Waals surface area contributed by atoms with E-state index in [1.165, 1.54) is 32.1 Å². The van der Waals surface area contributed by atoms with E-state index in [9.17, 15) is 5.11 Å². The van der Waals surface area contributed by atoms with Crippen molar-refractivity contribution in [2.24, 2.45) is 5.92 Å². The van der Waals surface area contributed by atoms with Crippen molar-refractivity contribution in [3.05, 3.63) is 0 Å². The van der Waals surface area contributed by atoms with Crippen molar-refractivity contribution in [3.63, 3.8) is 0 Å². The van der Waals surface area contributed by atoms with E-state index in [4.69, 9.17) is 0 Å². The van der Waals surface area contributed by atoms with Gasteiger partial charge in [0.2, 0.25) is 0 Å². The maximum absolute atomic E-state index is 9.26. The zero-order chi connectivity index (χ0) is 12.4. The summed E-state index contributed by atoms with van der Waals surface area (Å²) in [5, 5.41) is 12.8. The van der Waals surface area contributed by atoms with Crippen molar-refractivity contribution >= 4 is 0 Å². The van der Waals surface area contributed by atoms with Crippen molar-refractivity contribution in [3.8, 4) is 0 Å². The molecule has 0 amide bonds. The highest BCUT2D eigenvalue weighted by atomic mass is 16.3. The summed E-state index contributed by atoms with van der Waals surface area (Å²) in [7, 11) is 0. The number of aliphatic hydroxyl groups is 1. The molecule has 0 aliphatic carbocycles. The molecule has 0 radical (unpaired) electrons. The van der Waals surface area contributed by atoms with Gasteiger partial charge in [0, 0.05) is 6.04 Å². The van der Waals surface area contributed by atoms with Crippen LogP contribution >= 0.6 is 0 Å². The Labute approximate surface area is 102 Å². The molecule has 98 valence electrons. The predicted molar refractivity (Wildman–Crippen MR) is 71.7 cm³/mol. The molecule has 0 aromatic heterocycles. The second-order valence-electron chi connectivity index (χ2n) is 5.35. The molecule has 2 heteroatoms. The Morgan fingerprint density at radius 3 is 2.31 bits per heavy atom. The van der Waals surface area contributed by atoms with Crippen LogP contribution < -0.4 is 5.32 Å². The lowest BCUT2D eigenvalue weighted by molar-refractivity contribution is 0.162. The van der Waals surface area contributed by atoms with Crippen LogP contribution in [0.1, 0.15) is 66.2 Å². The van der Waals surface area contributed by atoms with Gasteiger partial charge < -0.3 is 10.4 Å². The topological polar surface area (TPSA) is 32.3 Å². The van der Waals surface area contributed by atoms with Gasteiger partial charge in [-0.25, -0.2) is 0 Å². The summed E-state index contributed by atoms with van der Waals surface area (Å²) in [5.74, 6) is 0.568. The monoisotopic (exact) mass is 229 g/mol. The zero-order valence-electron chi connectivity index (χ0n) is 11.6. The second kappa shape index (κ2) is 10.1. The van der Waals surface area contributed by atoms with Gasteiger partial charge >= 0.3 is 0 Å². The first kappa shape index (κ1) is 15.9. The summed E-state index contributed by atoms with van der Waals surface area (Å²) in [6.45, 7) is 9.61. The molecule has 0 aliphatic rings. The van der Waals surface area contributed by atoms with Crippen LogP contribution in [-0.2, 0) is 0 Å². The van der Waals surface area contributed by atoms with Gasteiger partial charge in [0.15, 0.2) is 0 Å². The molecule has 0 saturated carbocycles. The standard InChI is InChI=1S/C14H31NO/c1-5-6-7-8-9-13(3)15-11-12(2)10-14(4)16/h12-16H,5-11H2,1-4H3. The highest BCUT2D eigenvalue weighted by Gasteiger charge is 2.07. The first-order chi connectivity index (χ1) is 7.56. The summed E-state index contributed by atoms with van der Waals surface area (Å²) >= 11 is 0. The molecule has 0 aliphatic heterocycles. The molecule has 0 aromatic carbocycles. The Balaban J connectivity index is 3.38. The van der Waals surface area contributed by atoms with Gasteiger partial charge in [-0.3, -0.25) is 0 Å². The van der Waals surface area contributed by atoms with Gasteiger partial charge in [0.05, 0.1) is 6.10 Å². The lowest BCUT2D eigenvalue weighted by Crippen LogP contribution is -2.31. The third kappa shape index (κ3) is 10.4. The normalized spacial score (nSPS) is 17.1. The summed E-state index contributed by atoms with van der Waals surface area (Å²) < 4.78 is 0. The van der Waals surface area contributed by atoms with E-state index in [2.05, 4.69) is 26.1 Å².